The molecule has 2 aromatic rings. The van der Waals surface area contributed by atoms with Crippen LogP contribution in [0.15, 0.2) is 48.5 Å². The van der Waals surface area contributed by atoms with Gasteiger partial charge < -0.3 is 15.1 Å². The number of para-hydroxylation sites is 1. The fourth-order valence-corrected chi connectivity index (χ4v) is 4.10. The number of likely N-dealkylation sites (tertiary alicyclic amines) is 1. The first kappa shape index (κ1) is 17.5. The third kappa shape index (κ3) is 3.39. The van der Waals surface area contributed by atoms with Gasteiger partial charge in [0.15, 0.2) is 0 Å². The van der Waals surface area contributed by atoms with E-state index in [0.29, 0.717) is 31.7 Å². The molecular formula is C21H22FN3O2. The number of amides is 3. The van der Waals surface area contributed by atoms with Crippen LogP contribution in [0.25, 0.3) is 0 Å². The maximum atomic E-state index is 13.0. The van der Waals surface area contributed by atoms with Crippen LogP contribution in [0, 0.1) is 18.2 Å². The van der Waals surface area contributed by atoms with Crippen molar-refractivity contribution in [2.45, 2.75) is 19.8 Å². The molecular weight excluding hydrogens is 345 g/mol. The average molecular weight is 367 g/mol. The molecule has 1 spiro atoms. The standard InChI is InChI=1S/C21H22FN3O2/c1-15-4-2-3-5-18(15)25-14-21(12-19(25)26)10-11-24(13-21)20(27)23-17-8-6-16(22)7-9-17/h2-9H,10-14H2,1H3,(H,23,27)/t21-/m0/s1. The number of nitrogens with one attached hydrogen (secondary N) is 1. The third-order valence-electron chi connectivity index (χ3n) is 5.55. The molecule has 0 bridgehead atoms. The number of carbonyl (C=O) groups is 2. The summed E-state index contributed by atoms with van der Waals surface area (Å²) in [5.41, 5.74) is 2.39. The first-order valence-corrected chi connectivity index (χ1v) is 9.13. The molecule has 0 unspecified atom stereocenters. The van der Waals surface area contributed by atoms with Crippen LogP contribution in [0.4, 0.5) is 20.6 Å². The molecule has 2 fully saturated rings. The lowest BCUT2D eigenvalue weighted by Crippen LogP contribution is -2.36. The molecule has 1 N–H and O–H groups in total. The number of nitrogens with zero attached hydrogens (tertiary/aromatic N) is 2. The third-order valence-corrected chi connectivity index (χ3v) is 5.55. The average Bonchev–Trinajstić information content (AvgIpc) is 3.20. The summed E-state index contributed by atoms with van der Waals surface area (Å²) in [6, 6.07) is 13.4. The normalized spacial score (nSPS) is 21.9. The molecule has 1 atom stereocenters. The van der Waals surface area contributed by atoms with Crippen LogP contribution in [0.1, 0.15) is 18.4 Å². The van der Waals surface area contributed by atoms with Gasteiger partial charge in [-0.15, -0.1) is 0 Å². The largest absolute Gasteiger partial charge is 0.324 e. The van der Waals surface area contributed by atoms with E-state index in [1.807, 2.05) is 36.1 Å². The van der Waals surface area contributed by atoms with Gasteiger partial charge in [0.05, 0.1) is 0 Å². The molecule has 3 amide bonds. The topological polar surface area (TPSA) is 52.6 Å². The number of rotatable bonds is 2. The van der Waals surface area contributed by atoms with Gasteiger partial charge in [-0.1, -0.05) is 18.2 Å². The van der Waals surface area contributed by atoms with Crippen molar-refractivity contribution in [2.24, 2.45) is 5.41 Å². The van der Waals surface area contributed by atoms with Crippen LogP contribution < -0.4 is 10.2 Å². The predicted molar refractivity (Wildman–Crippen MR) is 102 cm³/mol. The molecule has 6 heteroatoms. The molecule has 27 heavy (non-hydrogen) atoms. The monoisotopic (exact) mass is 367 g/mol. The minimum atomic E-state index is -0.339. The Balaban J connectivity index is 1.44. The molecule has 0 saturated carbocycles. The van der Waals surface area contributed by atoms with Crippen molar-refractivity contribution in [2.75, 3.05) is 29.9 Å². The molecule has 140 valence electrons. The van der Waals surface area contributed by atoms with Crippen molar-refractivity contribution in [3.05, 3.63) is 59.9 Å². The Morgan fingerprint density at radius 3 is 2.59 bits per heavy atom. The van der Waals surface area contributed by atoms with Gasteiger partial charge in [-0.3, -0.25) is 4.79 Å². The van der Waals surface area contributed by atoms with Crippen molar-refractivity contribution in [1.82, 2.24) is 4.90 Å². The highest BCUT2D eigenvalue weighted by atomic mass is 19.1. The Labute approximate surface area is 157 Å². The summed E-state index contributed by atoms with van der Waals surface area (Å²) in [7, 11) is 0. The van der Waals surface area contributed by atoms with E-state index in [2.05, 4.69) is 5.32 Å². The van der Waals surface area contributed by atoms with Gasteiger partial charge in [0.1, 0.15) is 5.82 Å². The van der Waals surface area contributed by atoms with E-state index < -0.39 is 0 Å². The number of hydrogen-bond donors (Lipinski definition) is 1. The van der Waals surface area contributed by atoms with E-state index in [9.17, 15) is 14.0 Å². The van der Waals surface area contributed by atoms with Gasteiger partial charge in [-0.25, -0.2) is 9.18 Å². The van der Waals surface area contributed by atoms with Gasteiger partial charge in [-0.05, 0) is 49.2 Å². The number of aryl methyl sites for hydroxylation is 1. The highest BCUT2D eigenvalue weighted by Crippen LogP contribution is 2.42. The first-order chi connectivity index (χ1) is 13.0. The van der Waals surface area contributed by atoms with Crippen LogP contribution >= 0.6 is 0 Å². The minimum Gasteiger partial charge on any atom is -0.324 e. The van der Waals surface area contributed by atoms with Gasteiger partial charge in [-0.2, -0.15) is 0 Å². The number of urea groups is 1. The van der Waals surface area contributed by atoms with Crippen LogP contribution in [0.3, 0.4) is 0 Å². The maximum Gasteiger partial charge on any atom is 0.321 e. The van der Waals surface area contributed by atoms with E-state index in [0.717, 1.165) is 17.7 Å². The van der Waals surface area contributed by atoms with Crippen molar-refractivity contribution in [1.29, 1.82) is 0 Å². The zero-order chi connectivity index (χ0) is 19.0. The Hall–Kier alpha value is -2.89. The second-order valence-electron chi connectivity index (χ2n) is 7.55. The lowest BCUT2D eigenvalue weighted by atomic mass is 9.86. The predicted octanol–water partition coefficient (Wildman–Crippen LogP) is 3.80. The lowest BCUT2D eigenvalue weighted by Gasteiger charge is -2.25. The Kier molecular flexibility index (Phi) is 4.34. The smallest absolute Gasteiger partial charge is 0.321 e. The van der Waals surface area contributed by atoms with E-state index in [4.69, 9.17) is 0 Å². The van der Waals surface area contributed by atoms with Crippen LogP contribution in [0.5, 0.6) is 0 Å². The zero-order valence-electron chi connectivity index (χ0n) is 15.2. The van der Waals surface area contributed by atoms with Crippen LogP contribution in [-0.4, -0.2) is 36.5 Å². The highest BCUT2D eigenvalue weighted by molar-refractivity contribution is 5.97. The van der Waals surface area contributed by atoms with Gasteiger partial charge >= 0.3 is 6.03 Å². The Morgan fingerprint density at radius 1 is 1.11 bits per heavy atom. The van der Waals surface area contributed by atoms with Crippen molar-refractivity contribution < 1.29 is 14.0 Å². The van der Waals surface area contributed by atoms with E-state index in [-0.39, 0.29) is 23.2 Å². The molecule has 2 saturated heterocycles. The molecule has 0 radical (unpaired) electrons. The fourth-order valence-electron chi connectivity index (χ4n) is 4.10. The maximum absolute atomic E-state index is 13.0. The molecule has 5 nitrogen and oxygen atoms in total. The summed E-state index contributed by atoms with van der Waals surface area (Å²) in [6.07, 6.45) is 1.26. The number of halogens is 1. The zero-order valence-corrected chi connectivity index (χ0v) is 15.2. The van der Waals surface area contributed by atoms with E-state index in [1.54, 1.807) is 4.90 Å². The molecule has 2 heterocycles. The van der Waals surface area contributed by atoms with E-state index in [1.165, 1.54) is 24.3 Å². The van der Waals surface area contributed by atoms with Crippen molar-refractivity contribution in [3.8, 4) is 0 Å². The summed E-state index contributed by atoms with van der Waals surface area (Å²) in [6.45, 7) is 3.80. The number of hydrogen-bond acceptors (Lipinski definition) is 2. The molecule has 2 aliphatic rings. The fraction of sp³-hybridized carbons (Fsp3) is 0.333. The quantitative estimate of drug-likeness (QED) is 0.878. The van der Waals surface area contributed by atoms with Gasteiger partial charge in [0.2, 0.25) is 5.91 Å². The summed E-state index contributed by atoms with van der Waals surface area (Å²) >= 11 is 0. The number of carbonyl (C=O) groups excluding carboxylic acids is 2. The number of benzene rings is 2. The summed E-state index contributed by atoms with van der Waals surface area (Å²) in [5, 5.41) is 2.80. The number of anilines is 2. The van der Waals surface area contributed by atoms with Crippen LogP contribution in [0.2, 0.25) is 0 Å². The first-order valence-electron chi connectivity index (χ1n) is 9.13. The lowest BCUT2D eigenvalue weighted by molar-refractivity contribution is -0.117. The summed E-state index contributed by atoms with van der Waals surface area (Å²) in [4.78, 5) is 28.8. The molecule has 0 aromatic heterocycles. The second kappa shape index (κ2) is 6.68. The SMILES string of the molecule is Cc1ccccc1N1C[C@@]2(CCN(C(=O)Nc3ccc(F)cc3)C2)CC1=O. The molecule has 0 aliphatic carbocycles. The molecule has 4 rings (SSSR count). The highest BCUT2D eigenvalue weighted by Gasteiger charge is 2.49. The molecule has 2 aliphatic heterocycles. The van der Waals surface area contributed by atoms with Crippen molar-refractivity contribution in [3.63, 3.8) is 0 Å². The van der Waals surface area contributed by atoms with Crippen LogP contribution in [-0.2, 0) is 4.79 Å². The summed E-state index contributed by atoms with van der Waals surface area (Å²) in [5.74, 6) is -0.223. The van der Waals surface area contributed by atoms with Gasteiger partial charge in [0, 0.05) is 42.8 Å². The minimum absolute atomic E-state index is 0.116. The second-order valence-corrected chi connectivity index (χ2v) is 7.55. The Morgan fingerprint density at radius 2 is 1.85 bits per heavy atom. The summed E-state index contributed by atoms with van der Waals surface area (Å²) < 4.78 is 13.0. The van der Waals surface area contributed by atoms with Gasteiger partial charge in [0.25, 0.3) is 0 Å². The molecule has 2 aromatic carbocycles. The van der Waals surface area contributed by atoms with Crippen molar-refractivity contribution >= 4 is 23.3 Å². The van der Waals surface area contributed by atoms with E-state index >= 15 is 0 Å². The Bertz CT molecular complexity index is 883.